The summed E-state index contributed by atoms with van der Waals surface area (Å²) in [6.45, 7) is 0.717. The molecule has 1 aromatic carbocycles. The lowest BCUT2D eigenvalue weighted by atomic mass is 9.83. The van der Waals surface area contributed by atoms with E-state index in [1.54, 1.807) is 7.11 Å². The molecule has 1 aliphatic heterocycles. The van der Waals surface area contributed by atoms with Crippen LogP contribution in [0.1, 0.15) is 28.7 Å². The van der Waals surface area contributed by atoms with Crippen LogP contribution in [0.25, 0.3) is 0 Å². The van der Waals surface area contributed by atoms with Crippen molar-refractivity contribution in [3.63, 3.8) is 0 Å². The van der Waals surface area contributed by atoms with Gasteiger partial charge in [-0.2, -0.15) is 5.10 Å². The van der Waals surface area contributed by atoms with Gasteiger partial charge in [0.25, 0.3) is 0 Å². The molecule has 2 aliphatic carbocycles. The normalized spacial score (nSPS) is 21.1. The molecule has 0 radical (unpaired) electrons. The van der Waals surface area contributed by atoms with Gasteiger partial charge in [0.15, 0.2) is 9.92 Å². The molecule has 154 valence electrons. The average Bonchev–Trinajstić information content (AvgIpc) is 3.30. The van der Waals surface area contributed by atoms with Crippen molar-refractivity contribution >= 4 is 21.6 Å². The van der Waals surface area contributed by atoms with Gasteiger partial charge in [-0.1, -0.05) is 6.07 Å². The lowest BCUT2D eigenvalue weighted by Crippen LogP contribution is -2.36. The number of aromatic nitrogens is 2. The molecule has 10 heteroatoms. The van der Waals surface area contributed by atoms with E-state index in [2.05, 4.69) is 21.2 Å². The average molecular weight is 417 g/mol. The van der Waals surface area contributed by atoms with E-state index in [9.17, 15) is 9.00 Å². The summed E-state index contributed by atoms with van der Waals surface area (Å²) in [5.41, 5.74) is 5.74. The van der Waals surface area contributed by atoms with Crippen LogP contribution in [-0.2, 0) is 46.9 Å². The molecule has 3 aliphatic rings. The van der Waals surface area contributed by atoms with Crippen molar-refractivity contribution in [3.8, 4) is 5.88 Å². The lowest BCUT2D eigenvalue weighted by Gasteiger charge is -2.26. The van der Waals surface area contributed by atoms with Gasteiger partial charge in [-0.25, -0.2) is 23.2 Å². The van der Waals surface area contributed by atoms with Crippen molar-refractivity contribution in [2.75, 3.05) is 19.0 Å². The zero-order valence-electron chi connectivity index (χ0n) is 16.1. The number of hydrogen-bond acceptors (Lipinski definition) is 6. The standard InChI is InChI=1S/C19H23N5O4S/c1-27-13-9-24-18(28-10-13)16(8-21-24)29(20,26)23-19(25)22-17-14-4-2-3-11(14)7-12-5-6-15(12)17/h7-8,13H,2-6,9-10H2,1H3,(H3,20,22,23,25,26)/t13-,29?/m0/s1. The van der Waals surface area contributed by atoms with Gasteiger partial charge in [-0.05, 0) is 54.4 Å². The van der Waals surface area contributed by atoms with Crippen LogP contribution < -0.4 is 14.8 Å². The van der Waals surface area contributed by atoms with Crippen molar-refractivity contribution in [2.24, 2.45) is 0 Å². The number of aryl methyl sites for hydroxylation is 2. The summed E-state index contributed by atoms with van der Waals surface area (Å²) >= 11 is 0. The first-order valence-electron chi connectivity index (χ1n) is 9.71. The third kappa shape index (κ3) is 3.06. The molecule has 2 amide bonds. The summed E-state index contributed by atoms with van der Waals surface area (Å²) in [7, 11) is -2.05. The molecule has 2 atom stereocenters. The maximum Gasteiger partial charge on any atom is 0.331 e. The van der Waals surface area contributed by atoms with Crippen LogP contribution >= 0.6 is 0 Å². The zero-order valence-corrected chi connectivity index (χ0v) is 16.9. The van der Waals surface area contributed by atoms with Crippen molar-refractivity contribution in [1.29, 1.82) is 4.78 Å². The number of ether oxygens (including phenoxy) is 2. The quantitative estimate of drug-likeness (QED) is 0.703. The van der Waals surface area contributed by atoms with Crippen LogP contribution in [0, 0.1) is 4.78 Å². The number of rotatable bonds is 4. The van der Waals surface area contributed by atoms with Gasteiger partial charge in [0.1, 0.15) is 17.6 Å². The second-order valence-corrected chi connectivity index (χ2v) is 9.41. The summed E-state index contributed by atoms with van der Waals surface area (Å²) in [5.74, 6) is 0.239. The van der Waals surface area contributed by atoms with Crippen molar-refractivity contribution in [1.82, 2.24) is 14.5 Å². The first kappa shape index (κ1) is 18.4. The molecule has 9 nitrogen and oxygen atoms in total. The second kappa shape index (κ2) is 6.74. The third-order valence-electron chi connectivity index (χ3n) is 5.90. The van der Waals surface area contributed by atoms with E-state index in [0.29, 0.717) is 6.54 Å². The number of anilines is 1. The molecule has 2 aromatic rings. The number of nitrogens with one attached hydrogen (secondary N) is 3. The molecule has 0 spiro atoms. The zero-order chi connectivity index (χ0) is 20.2. The van der Waals surface area contributed by atoms with Crippen LogP contribution in [0.15, 0.2) is 17.2 Å². The monoisotopic (exact) mass is 417 g/mol. The van der Waals surface area contributed by atoms with Crippen molar-refractivity contribution < 1.29 is 18.5 Å². The fraction of sp³-hybridized carbons (Fsp3) is 0.474. The highest BCUT2D eigenvalue weighted by Crippen LogP contribution is 2.39. The first-order valence-corrected chi connectivity index (χ1v) is 11.3. The fourth-order valence-corrected chi connectivity index (χ4v) is 5.34. The fourth-order valence-electron chi connectivity index (χ4n) is 4.31. The lowest BCUT2D eigenvalue weighted by molar-refractivity contribution is 0.0165. The predicted octanol–water partition coefficient (Wildman–Crippen LogP) is 2.02. The van der Waals surface area contributed by atoms with Gasteiger partial charge in [0, 0.05) is 12.8 Å². The third-order valence-corrected chi connectivity index (χ3v) is 7.28. The molecule has 0 fully saturated rings. The Bertz CT molecular complexity index is 1110. The van der Waals surface area contributed by atoms with E-state index >= 15 is 0 Å². The number of hydrogen-bond donors (Lipinski definition) is 3. The van der Waals surface area contributed by atoms with E-state index in [0.717, 1.165) is 43.4 Å². The smallest absolute Gasteiger partial charge is 0.331 e. The minimum absolute atomic E-state index is 0.0634. The van der Waals surface area contributed by atoms with Gasteiger partial charge in [-0.3, -0.25) is 0 Å². The van der Waals surface area contributed by atoms with Crippen molar-refractivity contribution in [3.05, 3.63) is 34.5 Å². The highest BCUT2D eigenvalue weighted by Gasteiger charge is 2.30. The summed E-state index contributed by atoms with van der Waals surface area (Å²) in [4.78, 5) is 12.7. The first-order chi connectivity index (χ1) is 14.0. The number of urea groups is 1. The molecular formula is C19H23N5O4S. The van der Waals surface area contributed by atoms with Gasteiger partial charge in [0.05, 0.1) is 12.7 Å². The largest absolute Gasteiger partial charge is 0.474 e. The maximum atomic E-state index is 13.0. The number of carbonyl (C=O) groups is 1. The highest BCUT2D eigenvalue weighted by molar-refractivity contribution is 7.91. The number of nitrogens with zero attached hydrogens (tertiary/aromatic N) is 2. The Morgan fingerprint density at radius 2 is 2.10 bits per heavy atom. The van der Waals surface area contributed by atoms with E-state index in [1.165, 1.54) is 27.6 Å². The van der Waals surface area contributed by atoms with E-state index in [-0.39, 0.29) is 23.5 Å². The van der Waals surface area contributed by atoms with Gasteiger partial charge in [0.2, 0.25) is 5.88 Å². The highest BCUT2D eigenvalue weighted by atomic mass is 32.2. The Hall–Kier alpha value is -2.59. The molecule has 1 unspecified atom stereocenters. The number of amides is 2. The van der Waals surface area contributed by atoms with Crippen LogP contribution in [0.3, 0.4) is 0 Å². The van der Waals surface area contributed by atoms with E-state index < -0.39 is 15.9 Å². The molecule has 2 heterocycles. The Morgan fingerprint density at radius 3 is 2.86 bits per heavy atom. The molecule has 29 heavy (non-hydrogen) atoms. The Kier molecular flexibility index (Phi) is 4.28. The summed E-state index contributed by atoms with van der Waals surface area (Å²) in [6, 6.07) is 1.60. The number of benzene rings is 1. The molecule has 0 bridgehead atoms. The summed E-state index contributed by atoms with van der Waals surface area (Å²) < 4.78 is 35.9. The van der Waals surface area contributed by atoms with E-state index in [4.69, 9.17) is 14.3 Å². The molecule has 5 rings (SSSR count). The molecule has 0 saturated carbocycles. The minimum Gasteiger partial charge on any atom is -0.474 e. The summed E-state index contributed by atoms with van der Waals surface area (Å²) in [5, 5.41) is 7.02. The number of methoxy groups -OCH3 is 1. The minimum atomic E-state index is -3.63. The number of carbonyl (C=O) groups excluding carboxylic acids is 1. The molecule has 1 aromatic heterocycles. The topological polar surface area (TPSA) is 118 Å². The predicted molar refractivity (Wildman–Crippen MR) is 106 cm³/mol. The SMILES string of the molecule is CO[C@@H]1COc2c(S(=N)(=O)NC(=O)Nc3c4c(cc5c3CC5)CCC4)cnn2C1. The second-order valence-electron chi connectivity index (χ2n) is 7.66. The summed E-state index contributed by atoms with van der Waals surface area (Å²) in [6.07, 6.45) is 6.14. The Labute approximate surface area is 168 Å². The van der Waals surface area contributed by atoms with Gasteiger partial charge in [-0.15, -0.1) is 0 Å². The van der Waals surface area contributed by atoms with Gasteiger partial charge < -0.3 is 14.8 Å². The maximum absolute atomic E-state index is 13.0. The van der Waals surface area contributed by atoms with E-state index in [1.807, 2.05) is 0 Å². The molecule has 3 N–H and O–H groups in total. The van der Waals surface area contributed by atoms with Crippen LogP contribution in [0.5, 0.6) is 5.88 Å². The van der Waals surface area contributed by atoms with Crippen LogP contribution in [0.2, 0.25) is 0 Å². The van der Waals surface area contributed by atoms with Crippen LogP contribution in [0.4, 0.5) is 10.5 Å². The van der Waals surface area contributed by atoms with Crippen LogP contribution in [-0.4, -0.2) is 39.8 Å². The Morgan fingerprint density at radius 1 is 1.31 bits per heavy atom. The molecular weight excluding hydrogens is 394 g/mol. The Balaban J connectivity index is 1.37. The van der Waals surface area contributed by atoms with Gasteiger partial charge >= 0.3 is 6.03 Å². The van der Waals surface area contributed by atoms with Crippen molar-refractivity contribution in [2.45, 2.75) is 49.6 Å². The molecule has 0 saturated heterocycles. The number of fused-ring (bicyclic) bond motifs is 3.